The topological polar surface area (TPSA) is 78.0 Å². The van der Waals surface area contributed by atoms with Crippen LogP contribution in [0.2, 0.25) is 0 Å². The van der Waals surface area contributed by atoms with E-state index in [1.807, 2.05) is 13.8 Å². The van der Waals surface area contributed by atoms with Crippen molar-refractivity contribution in [3.05, 3.63) is 39.1 Å². The summed E-state index contributed by atoms with van der Waals surface area (Å²) in [4.78, 5) is 0.313. The second kappa shape index (κ2) is 5.36. The van der Waals surface area contributed by atoms with Gasteiger partial charge in [-0.1, -0.05) is 12.1 Å². The van der Waals surface area contributed by atoms with Crippen molar-refractivity contribution < 1.29 is 8.42 Å². The van der Waals surface area contributed by atoms with Crippen LogP contribution in [-0.2, 0) is 9.84 Å². The molecule has 0 amide bonds. The molecule has 1 heterocycles. The molecule has 2 N–H and O–H groups in total. The van der Waals surface area contributed by atoms with Crippen LogP contribution in [0, 0.1) is 10.5 Å². The van der Waals surface area contributed by atoms with E-state index in [0.29, 0.717) is 10.7 Å². The van der Waals surface area contributed by atoms with E-state index in [-0.39, 0.29) is 6.04 Å². The Morgan fingerprint density at radius 3 is 2.25 bits per heavy atom. The summed E-state index contributed by atoms with van der Waals surface area (Å²) in [7, 11) is -3.17. The van der Waals surface area contributed by atoms with Crippen LogP contribution in [0.25, 0.3) is 0 Å². The Balaban J connectivity index is 2.39. The number of benzene rings is 1. The first-order chi connectivity index (χ1) is 9.21. The molecule has 0 bridgehead atoms. The lowest BCUT2D eigenvalue weighted by atomic mass is 10.1. The largest absolute Gasteiger partial charge is 0.383 e. The van der Waals surface area contributed by atoms with Gasteiger partial charge in [-0.05, 0) is 54.1 Å². The highest BCUT2D eigenvalue weighted by Gasteiger charge is 2.17. The lowest BCUT2D eigenvalue weighted by molar-refractivity contribution is 0.568. The van der Waals surface area contributed by atoms with E-state index in [2.05, 4.69) is 27.7 Å². The molecule has 2 rings (SSSR count). The number of halogens is 1. The number of anilines is 1. The second-order valence-electron chi connectivity index (χ2n) is 4.75. The van der Waals surface area contributed by atoms with E-state index in [1.54, 1.807) is 28.9 Å². The Kier molecular flexibility index (Phi) is 4.10. The van der Waals surface area contributed by atoms with Gasteiger partial charge in [-0.2, -0.15) is 5.10 Å². The molecular formula is C13H16IN3O2S. The summed E-state index contributed by atoms with van der Waals surface area (Å²) in [6, 6.07) is 6.76. The fourth-order valence-electron chi connectivity index (χ4n) is 1.98. The highest BCUT2D eigenvalue weighted by molar-refractivity contribution is 14.1. The van der Waals surface area contributed by atoms with E-state index in [0.717, 1.165) is 14.8 Å². The average Bonchev–Trinajstić information content (AvgIpc) is 2.65. The molecule has 0 spiro atoms. The summed E-state index contributed by atoms with van der Waals surface area (Å²) in [5.41, 5.74) is 7.89. The number of aryl methyl sites for hydroxylation is 1. The predicted octanol–water partition coefficient (Wildman–Crippen LogP) is 2.39. The van der Waals surface area contributed by atoms with E-state index in [9.17, 15) is 8.42 Å². The number of sulfone groups is 1. The molecule has 108 valence electrons. The molecule has 1 aromatic heterocycles. The predicted molar refractivity (Wildman–Crippen MR) is 87.5 cm³/mol. The van der Waals surface area contributed by atoms with Gasteiger partial charge in [0.25, 0.3) is 0 Å². The molecule has 0 aliphatic rings. The Labute approximate surface area is 132 Å². The molecule has 0 aliphatic carbocycles. The third kappa shape index (κ3) is 2.83. The first-order valence-corrected chi connectivity index (χ1v) is 8.99. The zero-order valence-corrected chi connectivity index (χ0v) is 14.4. The maximum absolute atomic E-state index is 11.4. The Morgan fingerprint density at radius 1 is 1.30 bits per heavy atom. The zero-order valence-electron chi connectivity index (χ0n) is 11.5. The normalized spacial score (nSPS) is 13.4. The van der Waals surface area contributed by atoms with Gasteiger partial charge < -0.3 is 5.73 Å². The molecule has 2 aromatic rings. The second-order valence-corrected chi connectivity index (χ2v) is 7.84. The maximum atomic E-state index is 11.4. The molecule has 0 radical (unpaired) electrons. The summed E-state index contributed by atoms with van der Waals surface area (Å²) in [6.07, 6.45) is 1.20. The fraction of sp³-hybridized carbons (Fsp3) is 0.308. The lowest BCUT2D eigenvalue weighted by Crippen LogP contribution is -2.12. The van der Waals surface area contributed by atoms with Crippen molar-refractivity contribution >= 4 is 38.2 Å². The number of rotatable bonds is 3. The number of nitrogens with two attached hydrogens (primary N) is 1. The molecule has 0 fully saturated rings. The van der Waals surface area contributed by atoms with Crippen LogP contribution >= 0.6 is 22.6 Å². The van der Waals surface area contributed by atoms with Crippen molar-refractivity contribution in [3.63, 3.8) is 0 Å². The van der Waals surface area contributed by atoms with Gasteiger partial charge >= 0.3 is 0 Å². The summed E-state index contributed by atoms with van der Waals surface area (Å²) in [5, 5.41) is 4.42. The van der Waals surface area contributed by atoms with Gasteiger partial charge in [0.2, 0.25) is 0 Å². The standard InChI is InChI=1S/C13H16IN3O2S/c1-8-12(14)13(15)17(16-8)9(2)10-4-6-11(7-5-10)20(3,18)19/h4-7,9H,15H2,1-3H3. The molecule has 0 aliphatic heterocycles. The first kappa shape index (κ1) is 15.3. The number of nitrogens with zero attached hydrogens (tertiary/aromatic N) is 2. The molecule has 1 unspecified atom stereocenters. The van der Waals surface area contributed by atoms with Crippen molar-refractivity contribution in [2.75, 3.05) is 12.0 Å². The van der Waals surface area contributed by atoms with Crippen molar-refractivity contribution in [1.82, 2.24) is 9.78 Å². The van der Waals surface area contributed by atoms with E-state index in [4.69, 9.17) is 5.73 Å². The monoisotopic (exact) mass is 405 g/mol. The van der Waals surface area contributed by atoms with Gasteiger partial charge in [0, 0.05) is 6.26 Å². The molecule has 1 aromatic carbocycles. The zero-order chi connectivity index (χ0) is 15.1. The van der Waals surface area contributed by atoms with Crippen LogP contribution in [0.4, 0.5) is 5.82 Å². The van der Waals surface area contributed by atoms with Crippen LogP contribution in [0.5, 0.6) is 0 Å². The average molecular weight is 405 g/mol. The summed E-state index contributed by atoms with van der Waals surface area (Å²) in [6.45, 7) is 3.89. The number of nitrogen functional groups attached to an aromatic ring is 1. The Hall–Kier alpha value is -1.09. The summed E-state index contributed by atoms with van der Waals surface area (Å²) in [5.74, 6) is 0.628. The minimum atomic E-state index is -3.17. The van der Waals surface area contributed by atoms with Crippen LogP contribution in [-0.4, -0.2) is 24.5 Å². The summed E-state index contributed by atoms with van der Waals surface area (Å²) >= 11 is 2.17. The van der Waals surface area contributed by atoms with Gasteiger partial charge in [0.15, 0.2) is 9.84 Å². The highest BCUT2D eigenvalue weighted by Crippen LogP contribution is 2.26. The van der Waals surface area contributed by atoms with Gasteiger partial charge in [0.05, 0.1) is 20.2 Å². The molecule has 1 atom stereocenters. The number of hydrogen-bond acceptors (Lipinski definition) is 4. The van der Waals surface area contributed by atoms with Gasteiger partial charge in [-0.3, -0.25) is 0 Å². The molecular weight excluding hydrogens is 389 g/mol. The highest BCUT2D eigenvalue weighted by atomic mass is 127. The minimum Gasteiger partial charge on any atom is -0.383 e. The number of aromatic nitrogens is 2. The quantitative estimate of drug-likeness (QED) is 0.796. The van der Waals surface area contributed by atoms with E-state index < -0.39 is 9.84 Å². The minimum absolute atomic E-state index is 0.0502. The summed E-state index contributed by atoms with van der Waals surface area (Å²) < 4.78 is 25.6. The number of hydrogen-bond donors (Lipinski definition) is 1. The van der Waals surface area contributed by atoms with Crippen LogP contribution in [0.3, 0.4) is 0 Å². The van der Waals surface area contributed by atoms with Crippen LogP contribution in [0.15, 0.2) is 29.2 Å². The van der Waals surface area contributed by atoms with E-state index in [1.165, 1.54) is 6.26 Å². The first-order valence-electron chi connectivity index (χ1n) is 6.02. The SMILES string of the molecule is Cc1nn(C(C)c2ccc(S(C)(=O)=O)cc2)c(N)c1I. The van der Waals surface area contributed by atoms with Crippen LogP contribution in [0.1, 0.15) is 24.2 Å². The maximum Gasteiger partial charge on any atom is 0.175 e. The van der Waals surface area contributed by atoms with Gasteiger partial charge in [-0.25, -0.2) is 13.1 Å². The fourth-order valence-corrected chi connectivity index (χ4v) is 2.96. The molecule has 20 heavy (non-hydrogen) atoms. The molecule has 7 heteroatoms. The lowest BCUT2D eigenvalue weighted by Gasteiger charge is -2.14. The third-order valence-electron chi connectivity index (χ3n) is 3.20. The van der Waals surface area contributed by atoms with E-state index >= 15 is 0 Å². The van der Waals surface area contributed by atoms with Crippen molar-refractivity contribution in [1.29, 1.82) is 0 Å². The molecule has 0 saturated heterocycles. The smallest absolute Gasteiger partial charge is 0.175 e. The van der Waals surface area contributed by atoms with Gasteiger partial charge in [-0.15, -0.1) is 0 Å². The molecule has 0 saturated carbocycles. The Bertz CT molecular complexity index is 736. The van der Waals surface area contributed by atoms with Crippen molar-refractivity contribution in [2.24, 2.45) is 0 Å². The van der Waals surface area contributed by atoms with Gasteiger partial charge in [0.1, 0.15) is 5.82 Å². The Morgan fingerprint density at radius 2 is 1.85 bits per heavy atom. The van der Waals surface area contributed by atoms with Crippen LogP contribution < -0.4 is 5.73 Å². The van der Waals surface area contributed by atoms with Crippen molar-refractivity contribution in [3.8, 4) is 0 Å². The van der Waals surface area contributed by atoms with Crippen molar-refractivity contribution in [2.45, 2.75) is 24.8 Å². The molecule has 5 nitrogen and oxygen atoms in total. The third-order valence-corrected chi connectivity index (χ3v) is 5.67.